The molecule has 1 aromatic rings. The Morgan fingerprint density at radius 3 is 2.82 bits per heavy atom. The van der Waals surface area contributed by atoms with Crippen LogP contribution in [0.25, 0.3) is 0 Å². The van der Waals surface area contributed by atoms with Crippen molar-refractivity contribution in [1.29, 1.82) is 0 Å². The van der Waals surface area contributed by atoms with Crippen LogP contribution in [0.1, 0.15) is 31.2 Å². The van der Waals surface area contributed by atoms with Gasteiger partial charge >= 0.3 is 0 Å². The molecule has 94 valence electrons. The summed E-state index contributed by atoms with van der Waals surface area (Å²) in [6.45, 7) is 0. The first-order valence-corrected chi connectivity index (χ1v) is 7.49. The molecule has 1 N–H and O–H groups in total. The molecule has 2 rings (SSSR count). The van der Waals surface area contributed by atoms with Crippen LogP contribution >= 0.6 is 27.5 Å². The van der Waals surface area contributed by atoms with Crippen molar-refractivity contribution < 1.29 is 0 Å². The second kappa shape index (κ2) is 6.21. The second-order valence-corrected chi connectivity index (χ2v) is 6.18. The Labute approximate surface area is 117 Å². The quantitative estimate of drug-likeness (QED) is 0.819. The molecule has 0 aliphatic heterocycles. The molecule has 1 aliphatic carbocycles. The number of nitrogens with one attached hydrogen (secondary N) is 1. The van der Waals surface area contributed by atoms with Crippen LogP contribution in [-0.2, 0) is 6.42 Å². The molecular formula is C14H19BrClN. The Bertz CT molecular complexity index is 376. The maximum absolute atomic E-state index is 6.21. The molecule has 1 saturated carbocycles. The minimum absolute atomic E-state index is 0.712. The number of hydrogen-bond acceptors (Lipinski definition) is 1. The van der Waals surface area contributed by atoms with Crippen LogP contribution in [0.2, 0.25) is 5.02 Å². The van der Waals surface area contributed by atoms with Crippen LogP contribution in [0.5, 0.6) is 0 Å². The summed E-state index contributed by atoms with van der Waals surface area (Å²) in [4.78, 5) is 0. The van der Waals surface area contributed by atoms with Gasteiger partial charge in [0.1, 0.15) is 0 Å². The first-order chi connectivity index (χ1) is 8.20. The Balaban J connectivity index is 1.80. The van der Waals surface area contributed by atoms with E-state index < -0.39 is 0 Å². The first kappa shape index (κ1) is 13.4. The summed E-state index contributed by atoms with van der Waals surface area (Å²) in [6, 6.07) is 6.88. The molecule has 0 radical (unpaired) electrons. The van der Waals surface area contributed by atoms with E-state index in [1.54, 1.807) is 0 Å². The van der Waals surface area contributed by atoms with Gasteiger partial charge < -0.3 is 5.32 Å². The van der Waals surface area contributed by atoms with Crippen LogP contribution in [0, 0.1) is 5.92 Å². The van der Waals surface area contributed by atoms with Crippen molar-refractivity contribution in [3.8, 4) is 0 Å². The SMILES string of the molecule is CNC(CCCc1ccc(Br)cc1Cl)C1CC1. The lowest BCUT2D eigenvalue weighted by Gasteiger charge is -2.15. The highest BCUT2D eigenvalue weighted by Gasteiger charge is 2.29. The Hall–Kier alpha value is -0.0500. The van der Waals surface area contributed by atoms with Gasteiger partial charge in [-0.3, -0.25) is 0 Å². The minimum Gasteiger partial charge on any atom is -0.317 e. The minimum atomic E-state index is 0.712. The van der Waals surface area contributed by atoms with Gasteiger partial charge in [-0.25, -0.2) is 0 Å². The summed E-state index contributed by atoms with van der Waals surface area (Å²) in [6.07, 6.45) is 6.36. The van der Waals surface area contributed by atoms with E-state index in [2.05, 4.69) is 40.4 Å². The lowest BCUT2D eigenvalue weighted by Crippen LogP contribution is -2.27. The van der Waals surface area contributed by atoms with Gasteiger partial charge in [-0.1, -0.05) is 33.6 Å². The number of halogens is 2. The zero-order valence-corrected chi connectivity index (χ0v) is 12.5. The molecule has 0 amide bonds. The second-order valence-electron chi connectivity index (χ2n) is 4.86. The van der Waals surface area contributed by atoms with Gasteiger partial charge in [0.25, 0.3) is 0 Å². The summed E-state index contributed by atoms with van der Waals surface area (Å²) in [5.41, 5.74) is 1.26. The van der Waals surface area contributed by atoms with Crippen LogP contribution < -0.4 is 5.32 Å². The smallest absolute Gasteiger partial charge is 0.0449 e. The predicted molar refractivity (Wildman–Crippen MR) is 77.7 cm³/mol. The topological polar surface area (TPSA) is 12.0 Å². The first-order valence-electron chi connectivity index (χ1n) is 6.32. The molecule has 17 heavy (non-hydrogen) atoms. The summed E-state index contributed by atoms with van der Waals surface area (Å²) >= 11 is 9.64. The maximum Gasteiger partial charge on any atom is 0.0449 e. The lowest BCUT2D eigenvalue weighted by atomic mass is 10.0. The maximum atomic E-state index is 6.21. The van der Waals surface area contributed by atoms with Crippen LogP contribution in [0.4, 0.5) is 0 Å². The monoisotopic (exact) mass is 315 g/mol. The average Bonchev–Trinajstić information content (AvgIpc) is 3.11. The van der Waals surface area contributed by atoms with Crippen molar-refractivity contribution >= 4 is 27.5 Å². The van der Waals surface area contributed by atoms with Gasteiger partial charge in [0.05, 0.1) is 0 Å². The van der Waals surface area contributed by atoms with Gasteiger partial charge in [0.15, 0.2) is 0 Å². The molecule has 0 heterocycles. The number of rotatable bonds is 6. The highest BCUT2D eigenvalue weighted by Crippen LogP contribution is 2.34. The molecule has 1 aliphatic rings. The summed E-state index contributed by atoms with van der Waals surface area (Å²) < 4.78 is 1.05. The third kappa shape index (κ3) is 3.97. The van der Waals surface area contributed by atoms with Gasteiger partial charge in [0, 0.05) is 15.5 Å². The molecule has 0 aromatic heterocycles. The average molecular weight is 317 g/mol. The van der Waals surface area contributed by atoms with Crippen molar-refractivity contribution in [3.63, 3.8) is 0 Å². The largest absolute Gasteiger partial charge is 0.317 e. The molecular weight excluding hydrogens is 298 g/mol. The van der Waals surface area contributed by atoms with E-state index in [1.165, 1.54) is 31.2 Å². The molecule has 0 spiro atoms. The molecule has 0 bridgehead atoms. The third-order valence-electron chi connectivity index (χ3n) is 3.54. The summed E-state index contributed by atoms with van der Waals surface area (Å²) in [7, 11) is 2.08. The normalized spacial score (nSPS) is 17.1. The van der Waals surface area contributed by atoms with E-state index >= 15 is 0 Å². The van der Waals surface area contributed by atoms with E-state index in [1.807, 2.05) is 6.07 Å². The fourth-order valence-electron chi connectivity index (χ4n) is 2.35. The Morgan fingerprint density at radius 1 is 1.47 bits per heavy atom. The van der Waals surface area contributed by atoms with E-state index in [-0.39, 0.29) is 0 Å². The van der Waals surface area contributed by atoms with E-state index in [0.717, 1.165) is 21.8 Å². The lowest BCUT2D eigenvalue weighted by molar-refractivity contribution is 0.456. The molecule has 1 fully saturated rings. The number of hydrogen-bond donors (Lipinski definition) is 1. The number of benzene rings is 1. The van der Waals surface area contributed by atoms with Crippen molar-refractivity contribution in [2.24, 2.45) is 5.92 Å². The van der Waals surface area contributed by atoms with E-state index in [0.29, 0.717) is 6.04 Å². The van der Waals surface area contributed by atoms with E-state index in [4.69, 9.17) is 11.6 Å². The molecule has 3 heteroatoms. The van der Waals surface area contributed by atoms with Crippen molar-refractivity contribution in [3.05, 3.63) is 33.3 Å². The zero-order chi connectivity index (χ0) is 12.3. The van der Waals surface area contributed by atoms with E-state index in [9.17, 15) is 0 Å². The molecule has 1 aromatic carbocycles. The van der Waals surface area contributed by atoms with Crippen LogP contribution in [0.3, 0.4) is 0 Å². The molecule has 0 saturated heterocycles. The predicted octanol–water partition coefficient (Wildman–Crippen LogP) is 4.42. The number of aryl methyl sites for hydroxylation is 1. The van der Waals surface area contributed by atoms with Crippen LogP contribution in [0.15, 0.2) is 22.7 Å². The molecule has 1 unspecified atom stereocenters. The Kier molecular flexibility index (Phi) is 4.89. The van der Waals surface area contributed by atoms with Crippen molar-refractivity contribution in [2.45, 2.75) is 38.1 Å². The van der Waals surface area contributed by atoms with Gasteiger partial charge in [-0.15, -0.1) is 0 Å². The van der Waals surface area contributed by atoms with Crippen molar-refractivity contribution in [2.75, 3.05) is 7.05 Å². The van der Waals surface area contributed by atoms with Crippen molar-refractivity contribution in [1.82, 2.24) is 5.32 Å². The summed E-state index contributed by atoms with van der Waals surface area (Å²) in [5.74, 6) is 0.931. The van der Waals surface area contributed by atoms with Gasteiger partial charge in [0.2, 0.25) is 0 Å². The highest BCUT2D eigenvalue weighted by molar-refractivity contribution is 9.10. The Morgan fingerprint density at radius 2 is 2.24 bits per heavy atom. The highest BCUT2D eigenvalue weighted by atomic mass is 79.9. The van der Waals surface area contributed by atoms with Gasteiger partial charge in [-0.05, 0) is 62.8 Å². The fraction of sp³-hybridized carbons (Fsp3) is 0.571. The third-order valence-corrected chi connectivity index (χ3v) is 4.38. The van der Waals surface area contributed by atoms with Gasteiger partial charge in [-0.2, -0.15) is 0 Å². The molecule has 1 nitrogen and oxygen atoms in total. The molecule has 1 atom stereocenters. The standard InChI is InChI=1S/C14H19BrClN/c1-17-14(11-5-6-11)4-2-3-10-7-8-12(15)9-13(10)16/h7-9,11,14,17H,2-6H2,1H3. The summed E-state index contributed by atoms with van der Waals surface area (Å²) in [5, 5.41) is 4.31. The zero-order valence-electron chi connectivity index (χ0n) is 10.2. The fourth-order valence-corrected chi connectivity index (χ4v) is 3.12. The van der Waals surface area contributed by atoms with Crippen LogP contribution in [-0.4, -0.2) is 13.1 Å².